The van der Waals surface area contributed by atoms with Crippen LogP contribution in [0, 0.1) is 5.41 Å². The molecule has 1 fully saturated rings. The van der Waals surface area contributed by atoms with Gasteiger partial charge in [-0.2, -0.15) is 0 Å². The molecule has 0 aromatic carbocycles. The number of rotatable bonds is 5. The molecule has 0 atom stereocenters. The summed E-state index contributed by atoms with van der Waals surface area (Å²) in [5.74, 6) is -0.176. The Balaban J connectivity index is 2.02. The summed E-state index contributed by atoms with van der Waals surface area (Å²) < 4.78 is 5.34. The molecule has 2 rings (SSSR count). The molecule has 0 unspecified atom stereocenters. The maximum atomic E-state index is 12.4. The average Bonchev–Trinajstić information content (AvgIpc) is 2.52. The van der Waals surface area contributed by atoms with Crippen LogP contribution in [-0.4, -0.2) is 54.4 Å². The number of aliphatic hydroxyl groups is 1. The predicted octanol–water partition coefficient (Wildman–Crippen LogP) is 1.45. The second-order valence-corrected chi connectivity index (χ2v) is 7.16. The fraction of sp³-hybridized carbons (Fsp3) is 0.647. The quantitative estimate of drug-likeness (QED) is 0.858. The summed E-state index contributed by atoms with van der Waals surface area (Å²) in [4.78, 5) is 18.7. The van der Waals surface area contributed by atoms with Gasteiger partial charge < -0.3 is 20.1 Å². The van der Waals surface area contributed by atoms with Gasteiger partial charge >= 0.3 is 0 Å². The van der Waals surface area contributed by atoms with Crippen molar-refractivity contribution in [3.8, 4) is 0 Å². The van der Waals surface area contributed by atoms with Crippen molar-refractivity contribution in [2.75, 3.05) is 37.7 Å². The maximum Gasteiger partial charge on any atom is 0.252 e. The molecule has 2 heterocycles. The van der Waals surface area contributed by atoms with Gasteiger partial charge in [-0.3, -0.25) is 9.78 Å². The number of pyridine rings is 1. The van der Waals surface area contributed by atoms with E-state index < -0.39 is 11.0 Å². The summed E-state index contributed by atoms with van der Waals surface area (Å²) in [5, 5.41) is 13.1. The van der Waals surface area contributed by atoms with E-state index in [0.29, 0.717) is 25.3 Å². The number of amides is 1. The van der Waals surface area contributed by atoms with Gasteiger partial charge in [-0.15, -0.1) is 0 Å². The number of aromatic nitrogens is 1. The number of hydrogen-bond donors (Lipinski definition) is 2. The van der Waals surface area contributed by atoms with Crippen molar-refractivity contribution in [3.05, 3.63) is 24.0 Å². The summed E-state index contributed by atoms with van der Waals surface area (Å²) in [6, 6.07) is 1.85. The first kappa shape index (κ1) is 17.7. The topological polar surface area (TPSA) is 74.7 Å². The van der Waals surface area contributed by atoms with Crippen molar-refractivity contribution in [2.24, 2.45) is 5.41 Å². The minimum Gasteiger partial charge on any atom is -0.390 e. The molecule has 0 saturated carbocycles. The second kappa shape index (κ2) is 6.84. The highest BCUT2D eigenvalue weighted by atomic mass is 16.5. The lowest BCUT2D eigenvalue weighted by atomic mass is 9.77. The summed E-state index contributed by atoms with van der Waals surface area (Å²) >= 11 is 0. The number of carbonyl (C=O) groups is 1. The van der Waals surface area contributed by atoms with Gasteiger partial charge in [0.05, 0.1) is 36.3 Å². The molecule has 6 nitrogen and oxygen atoms in total. The van der Waals surface area contributed by atoms with Crippen molar-refractivity contribution in [1.29, 1.82) is 0 Å². The highest BCUT2D eigenvalue weighted by Gasteiger charge is 2.35. The lowest BCUT2D eigenvalue weighted by Crippen LogP contribution is -2.47. The number of ether oxygens (including phenoxy) is 1. The number of nitrogens with zero attached hydrogens (tertiary/aromatic N) is 2. The number of nitrogens with one attached hydrogen (secondary N) is 1. The van der Waals surface area contributed by atoms with Crippen LogP contribution in [-0.2, 0) is 4.74 Å². The van der Waals surface area contributed by atoms with Crippen LogP contribution in [0.25, 0.3) is 0 Å². The van der Waals surface area contributed by atoms with Crippen LogP contribution in [0.5, 0.6) is 0 Å². The van der Waals surface area contributed by atoms with Crippen LogP contribution in [0.4, 0.5) is 5.69 Å². The van der Waals surface area contributed by atoms with Gasteiger partial charge in [0.25, 0.3) is 5.91 Å². The Hall–Kier alpha value is -1.66. The first-order valence-corrected chi connectivity index (χ1v) is 7.99. The summed E-state index contributed by atoms with van der Waals surface area (Å²) in [6.07, 6.45) is 3.33. The van der Waals surface area contributed by atoms with Crippen molar-refractivity contribution in [2.45, 2.75) is 33.3 Å². The second-order valence-electron chi connectivity index (χ2n) is 7.16. The van der Waals surface area contributed by atoms with Crippen LogP contribution >= 0.6 is 0 Å². The Labute approximate surface area is 137 Å². The third-order valence-electron chi connectivity index (χ3n) is 4.71. The summed E-state index contributed by atoms with van der Waals surface area (Å²) in [6.45, 7) is 10.7. The normalized spacial score (nSPS) is 16.3. The molecule has 1 aromatic heterocycles. The third kappa shape index (κ3) is 4.42. The zero-order chi connectivity index (χ0) is 17.1. The zero-order valence-electron chi connectivity index (χ0n) is 14.4. The molecule has 1 saturated heterocycles. The SMILES string of the molecule is CC(C)(O)C(C)(C)CNC(=O)c1cncc(N2CCOCC2)c1. The molecule has 128 valence electrons. The van der Waals surface area contributed by atoms with E-state index in [1.807, 2.05) is 19.9 Å². The Bertz CT molecular complexity index is 546. The first-order chi connectivity index (χ1) is 10.7. The predicted molar refractivity (Wildman–Crippen MR) is 89.7 cm³/mol. The van der Waals surface area contributed by atoms with Gasteiger partial charge in [-0.25, -0.2) is 0 Å². The molecule has 0 radical (unpaired) electrons. The van der Waals surface area contributed by atoms with E-state index in [2.05, 4.69) is 15.2 Å². The minimum atomic E-state index is -0.881. The van der Waals surface area contributed by atoms with E-state index >= 15 is 0 Å². The van der Waals surface area contributed by atoms with E-state index in [1.54, 1.807) is 26.2 Å². The maximum absolute atomic E-state index is 12.4. The monoisotopic (exact) mass is 321 g/mol. The molecule has 6 heteroatoms. The molecule has 0 bridgehead atoms. The molecule has 0 spiro atoms. The highest BCUT2D eigenvalue weighted by Crippen LogP contribution is 2.29. The number of anilines is 1. The third-order valence-corrected chi connectivity index (χ3v) is 4.71. The van der Waals surface area contributed by atoms with Crippen LogP contribution < -0.4 is 10.2 Å². The van der Waals surface area contributed by atoms with E-state index in [4.69, 9.17) is 4.74 Å². The van der Waals surface area contributed by atoms with Crippen LogP contribution in [0.3, 0.4) is 0 Å². The van der Waals surface area contributed by atoms with Crippen molar-refractivity contribution in [1.82, 2.24) is 10.3 Å². The molecule has 1 aliphatic heterocycles. The lowest BCUT2D eigenvalue weighted by molar-refractivity contribution is -0.0327. The average molecular weight is 321 g/mol. The van der Waals surface area contributed by atoms with Crippen LogP contribution in [0.15, 0.2) is 18.5 Å². The van der Waals surface area contributed by atoms with Gasteiger partial charge in [0.1, 0.15) is 0 Å². The molecule has 1 aliphatic rings. The molecule has 1 amide bonds. The van der Waals surface area contributed by atoms with Gasteiger partial charge in [-0.1, -0.05) is 13.8 Å². The number of hydrogen-bond acceptors (Lipinski definition) is 5. The largest absolute Gasteiger partial charge is 0.390 e. The van der Waals surface area contributed by atoms with E-state index in [0.717, 1.165) is 18.8 Å². The van der Waals surface area contributed by atoms with Gasteiger partial charge in [0, 0.05) is 31.2 Å². The Morgan fingerprint density at radius 3 is 2.57 bits per heavy atom. The van der Waals surface area contributed by atoms with Crippen molar-refractivity contribution >= 4 is 11.6 Å². The molecule has 2 N–H and O–H groups in total. The Morgan fingerprint density at radius 2 is 1.96 bits per heavy atom. The fourth-order valence-corrected chi connectivity index (χ4v) is 2.17. The zero-order valence-corrected chi connectivity index (χ0v) is 14.4. The molecule has 23 heavy (non-hydrogen) atoms. The fourth-order valence-electron chi connectivity index (χ4n) is 2.17. The summed E-state index contributed by atoms with van der Waals surface area (Å²) in [7, 11) is 0. The Morgan fingerprint density at radius 1 is 1.30 bits per heavy atom. The van der Waals surface area contributed by atoms with E-state index in [9.17, 15) is 9.90 Å². The van der Waals surface area contributed by atoms with Gasteiger partial charge in [0.15, 0.2) is 0 Å². The van der Waals surface area contributed by atoms with Crippen molar-refractivity contribution in [3.63, 3.8) is 0 Å². The Kier molecular flexibility index (Phi) is 5.26. The molecule has 1 aromatic rings. The number of morpholine rings is 1. The van der Waals surface area contributed by atoms with Gasteiger partial charge in [0.2, 0.25) is 0 Å². The van der Waals surface area contributed by atoms with E-state index in [-0.39, 0.29) is 5.91 Å². The van der Waals surface area contributed by atoms with Crippen molar-refractivity contribution < 1.29 is 14.6 Å². The molecular formula is C17H27N3O3. The number of carbonyl (C=O) groups excluding carboxylic acids is 1. The highest BCUT2D eigenvalue weighted by molar-refractivity contribution is 5.94. The molecular weight excluding hydrogens is 294 g/mol. The van der Waals surface area contributed by atoms with Gasteiger partial charge in [-0.05, 0) is 19.9 Å². The van der Waals surface area contributed by atoms with E-state index in [1.165, 1.54) is 0 Å². The van der Waals surface area contributed by atoms with Crippen LogP contribution in [0.2, 0.25) is 0 Å². The smallest absolute Gasteiger partial charge is 0.252 e. The van der Waals surface area contributed by atoms with Crippen LogP contribution in [0.1, 0.15) is 38.1 Å². The minimum absolute atomic E-state index is 0.176. The first-order valence-electron chi connectivity index (χ1n) is 7.99. The molecule has 0 aliphatic carbocycles. The standard InChI is InChI=1S/C17H27N3O3/c1-16(2,17(3,4)22)12-19-15(21)13-9-14(11-18-10-13)20-5-7-23-8-6-20/h9-11,22H,5-8,12H2,1-4H3,(H,19,21). The summed E-state index contributed by atoms with van der Waals surface area (Å²) in [5.41, 5.74) is 0.148. The lowest BCUT2D eigenvalue weighted by Gasteiger charge is -2.37.